The summed E-state index contributed by atoms with van der Waals surface area (Å²) in [5.41, 5.74) is 3.78. The number of benzene rings is 2. The van der Waals surface area contributed by atoms with Gasteiger partial charge < -0.3 is 10.2 Å². The van der Waals surface area contributed by atoms with E-state index in [-0.39, 0.29) is 17.2 Å². The highest BCUT2D eigenvalue weighted by Gasteiger charge is 2.34. The number of carbonyl (C=O) groups is 2. The van der Waals surface area contributed by atoms with Crippen LogP contribution in [0.25, 0.3) is 0 Å². The first-order valence-corrected chi connectivity index (χ1v) is 10.7. The minimum Gasteiger partial charge on any atom is -0.378 e. The van der Waals surface area contributed by atoms with Crippen molar-refractivity contribution in [3.63, 3.8) is 0 Å². The number of hydrogen-bond acceptors (Lipinski definition) is 4. The molecule has 3 rings (SSSR count). The standard InChI is InChI=1S/C22H27N3O2S/c1-4-5-9-20(26)23-17-8-6-7-16(14-17)22-25(21(27)15-28-22)19-12-10-18(11-13-19)24(2)3/h6-8,10-14,22H,4-5,9,15H2,1-3H3,(H,23,26). The van der Waals surface area contributed by atoms with Crippen molar-refractivity contribution >= 4 is 40.6 Å². The average molecular weight is 398 g/mol. The Morgan fingerprint density at radius 2 is 1.96 bits per heavy atom. The fourth-order valence-electron chi connectivity index (χ4n) is 3.19. The lowest BCUT2D eigenvalue weighted by atomic mass is 10.1. The van der Waals surface area contributed by atoms with Crippen LogP contribution in [0.2, 0.25) is 0 Å². The monoisotopic (exact) mass is 397 g/mol. The molecule has 1 atom stereocenters. The van der Waals surface area contributed by atoms with E-state index in [1.807, 2.05) is 72.4 Å². The maximum atomic E-state index is 12.6. The van der Waals surface area contributed by atoms with Gasteiger partial charge in [0, 0.05) is 37.6 Å². The van der Waals surface area contributed by atoms with E-state index >= 15 is 0 Å². The predicted molar refractivity (Wildman–Crippen MR) is 118 cm³/mol. The summed E-state index contributed by atoms with van der Waals surface area (Å²) in [4.78, 5) is 28.5. The molecule has 1 heterocycles. The van der Waals surface area contributed by atoms with Crippen LogP contribution in [0.5, 0.6) is 0 Å². The van der Waals surface area contributed by atoms with E-state index in [1.165, 1.54) is 0 Å². The van der Waals surface area contributed by atoms with Crippen LogP contribution in [0.1, 0.15) is 37.1 Å². The summed E-state index contributed by atoms with van der Waals surface area (Å²) in [7, 11) is 3.99. The zero-order chi connectivity index (χ0) is 20.1. The number of nitrogens with zero attached hydrogens (tertiary/aromatic N) is 2. The number of unbranched alkanes of at least 4 members (excludes halogenated alkanes) is 1. The van der Waals surface area contributed by atoms with Crippen LogP contribution in [0.15, 0.2) is 48.5 Å². The Morgan fingerprint density at radius 1 is 1.21 bits per heavy atom. The summed E-state index contributed by atoms with van der Waals surface area (Å²) in [6.45, 7) is 2.07. The maximum Gasteiger partial charge on any atom is 0.238 e. The number of rotatable bonds is 7. The molecule has 6 heteroatoms. The summed E-state index contributed by atoms with van der Waals surface area (Å²) in [5.74, 6) is 0.586. The van der Waals surface area contributed by atoms with Crippen LogP contribution in [-0.2, 0) is 9.59 Å². The molecular weight excluding hydrogens is 370 g/mol. The van der Waals surface area contributed by atoms with Crippen LogP contribution in [0.4, 0.5) is 17.1 Å². The largest absolute Gasteiger partial charge is 0.378 e. The molecule has 5 nitrogen and oxygen atoms in total. The third-order valence-corrected chi connectivity index (χ3v) is 5.94. The molecule has 0 saturated carbocycles. The predicted octanol–water partition coefficient (Wildman–Crippen LogP) is 4.66. The van der Waals surface area contributed by atoms with Gasteiger partial charge in [-0.2, -0.15) is 0 Å². The molecule has 148 valence electrons. The summed E-state index contributed by atoms with van der Waals surface area (Å²) in [5, 5.41) is 2.88. The third kappa shape index (κ3) is 4.68. The van der Waals surface area contributed by atoms with E-state index in [2.05, 4.69) is 12.2 Å². The first kappa shape index (κ1) is 20.3. The SMILES string of the molecule is CCCCC(=O)Nc1cccc(C2SCC(=O)N2c2ccc(N(C)C)cc2)c1. The van der Waals surface area contributed by atoms with Crippen molar-refractivity contribution in [2.24, 2.45) is 0 Å². The second-order valence-electron chi connectivity index (χ2n) is 7.12. The van der Waals surface area contributed by atoms with Crippen molar-refractivity contribution in [3.8, 4) is 0 Å². The van der Waals surface area contributed by atoms with Gasteiger partial charge in [-0.05, 0) is 48.4 Å². The first-order chi connectivity index (χ1) is 13.5. The number of anilines is 3. The van der Waals surface area contributed by atoms with Crippen molar-refractivity contribution in [1.29, 1.82) is 0 Å². The quantitative estimate of drug-likeness (QED) is 0.738. The summed E-state index contributed by atoms with van der Waals surface area (Å²) >= 11 is 1.61. The number of nitrogens with one attached hydrogen (secondary N) is 1. The fourth-order valence-corrected chi connectivity index (χ4v) is 4.36. The molecule has 0 radical (unpaired) electrons. The van der Waals surface area contributed by atoms with Crippen LogP contribution in [0, 0.1) is 0 Å². The van der Waals surface area contributed by atoms with Crippen molar-refractivity contribution in [2.45, 2.75) is 31.6 Å². The van der Waals surface area contributed by atoms with Gasteiger partial charge in [-0.1, -0.05) is 25.5 Å². The molecule has 1 fully saturated rings. The second kappa shape index (κ2) is 9.15. The molecule has 1 aliphatic heterocycles. The number of carbonyl (C=O) groups excluding carboxylic acids is 2. The van der Waals surface area contributed by atoms with Gasteiger partial charge in [-0.3, -0.25) is 14.5 Å². The van der Waals surface area contributed by atoms with Gasteiger partial charge in [0.25, 0.3) is 0 Å². The normalized spacial score (nSPS) is 16.3. The molecule has 2 aromatic rings. The Bertz CT molecular complexity index is 836. The number of amides is 2. The Hall–Kier alpha value is -2.47. The smallest absolute Gasteiger partial charge is 0.238 e. The molecule has 0 bridgehead atoms. The molecule has 0 spiro atoms. The van der Waals surface area contributed by atoms with Crippen LogP contribution >= 0.6 is 11.8 Å². The number of hydrogen-bond donors (Lipinski definition) is 1. The minimum atomic E-state index is -0.0924. The Balaban J connectivity index is 1.80. The van der Waals surface area contributed by atoms with E-state index in [4.69, 9.17) is 0 Å². The van der Waals surface area contributed by atoms with E-state index in [1.54, 1.807) is 11.8 Å². The summed E-state index contributed by atoms with van der Waals surface area (Å²) < 4.78 is 0. The van der Waals surface area contributed by atoms with E-state index in [0.29, 0.717) is 12.2 Å². The lowest BCUT2D eigenvalue weighted by Gasteiger charge is -2.25. The zero-order valence-electron chi connectivity index (χ0n) is 16.6. The Kier molecular flexibility index (Phi) is 6.62. The average Bonchev–Trinajstić information content (AvgIpc) is 3.08. The van der Waals surface area contributed by atoms with E-state index < -0.39 is 0 Å². The lowest BCUT2D eigenvalue weighted by Crippen LogP contribution is -2.27. The number of thioether (sulfide) groups is 1. The fraction of sp³-hybridized carbons (Fsp3) is 0.364. The highest BCUT2D eigenvalue weighted by atomic mass is 32.2. The molecule has 0 aromatic heterocycles. The van der Waals surface area contributed by atoms with Crippen molar-refractivity contribution in [1.82, 2.24) is 0 Å². The topological polar surface area (TPSA) is 52.7 Å². The van der Waals surface area contributed by atoms with Crippen LogP contribution in [-0.4, -0.2) is 31.7 Å². The molecule has 28 heavy (non-hydrogen) atoms. The van der Waals surface area contributed by atoms with Gasteiger partial charge in [0.2, 0.25) is 11.8 Å². The molecule has 2 amide bonds. The highest BCUT2D eigenvalue weighted by molar-refractivity contribution is 8.00. The maximum absolute atomic E-state index is 12.6. The Morgan fingerprint density at radius 3 is 2.64 bits per heavy atom. The van der Waals surface area contributed by atoms with Crippen molar-refractivity contribution < 1.29 is 9.59 Å². The zero-order valence-corrected chi connectivity index (χ0v) is 17.5. The van der Waals surface area contributed by atoms with Crippen LogP contribution < -0.4 is 15.1 Å². The molecule has 1 saturated heterocycles. The highest BCUT2D eigenvalue weighted by Crippen LogP contribution is 2.42. The van der Waals surface area contributed by atoms with Crippen LogP contribution in [0.3, 0.4) is 0 Å². The van der Waals surface area contributed by atoms with E-state index in [9.17, 15) is 9.59 Å². The summed E-state index contributed by atoms with van der Waals surface area (Å²) in [6, 6.07) is 15.8. The first-order valence-electron chi connectivity index (χ1n) is 9.60. The molecule has 1 N–H and O–H groups in total. The van der Waals surface area contributed by atoms with Crippen molar-refractivity contribution in [3.05, 3.63) is 54.1 Å². The molecule has 1 unspecified atom stereocenters. The minimum absolute atomic E-state index is 0.0327. The van der Waals surface area contributed by atoms with Gasteiger partial charge >= 0.3 is 0 Å². The van der Waals surface area contributed by atoms with Gasteiger partial charge in [0.1, 0.15) is 5.37 Å². The second-order valence-corrected chi connectivity index (χ2v) is 8.18. The Labute approximate surface area is 171 Å². The van der Waals surface area contributed by atoms with Crippen molar-refractivity contribution in [2.75, 3.05) is 35.0 Å². The molecule has 2 aromatic carbocycles. The van der Waals surface area contributed by atoms with Gasteiger partial charge in [-0.25, -0.2) is 0 Å². The molecule has 1 aliphatic rings. The van der Waals surface area contributed by atoms with Gasteiger partial charge in [0.15, 0.2) is 0 Å². The van der Waals surface area contributed by atoms with Gasteiger partial charge in [0.05, 0.1) is 5.75 Å². The summed E-state index contributed by atoms with van der Waals surface area (Å²) in [6.07, 6.45) is 2.41. The lowest BCUT2D eigenvalue weighted by molar-refractivity contribution is -0.116. The van der Waals surface area contributed by atoms with E-state index in [0.717, 1.165) is 35.5 Å². The molecular formula is C22H27N3O2S. The molecule has 0 aliphatic carbocycles. The van der Waals surface area contributed by atoms with Gasteiger partial charge in [-0.15, -0.1) is 11.8 Å². The third-order valence-electron chi connectivity index (χ3n) is 4.73.